The van der Waals surface area contributed by atoms with Crippen molar-refractivity contribution < 1.29 is 4.39 Å². The Morgan fingerprint density at radius 3 is 2.70 bits per heavy atom. The van der Waals surface area contributed by atoms with E-state index in [0.29, 0.717) is 31.2 Å². The first-order valence-electron chi connectivity index (χ1n) is 9.52. The number of hydrogen-bond acceptors (Lipinski definition) is 5. The van der Waals surface area contributed by atoms with Crippen LogP contribution in [0.5, 0.6) is 0 Å². The van der Waals surface area contributed by atoms with Crippen LogP contribution in [0.4, 0.5) is 10.1 Å². The van der Waals surface area contributed by atoms with Gasteiger partial charge in [-0.05, 0) is 63.2 Å². The van der Waals surface area contributed by atoms with Crippen molar-refractivity contribution in [1.82, 2.24) is 20.4 Å². The molecule has 144 valence electrons. The number of likely N-dealkylation sites (tertiary alicyclic amines) is 1. The lowest BCUT2D eigenvalue weighted by Gasteiger charge is -2.29. The molecule has 0 amide bonds. The monoisotopic (exact) mass is 371 g/mol. The number of H-pyrrole nitrogens is 1. The summed E-state index contributed by atoms with van der Waals surface area (Å²) in [7, 11) is 2.14. The van der Waals surface area contributed by atoms with Crippen molar-refractivity contribution >= 4 is 5.69 Å². The first kappa shape index (κ1) is 18.1. The molecule has 0 bridgehead atoms. The molecule has 0 radical (unpaired) electrons. The van der Waals surface area contributed by atoms with Gasteiger partial charge in [-0.25, -0.2) is 9.49 Å². The number of anilines is 1. The highest BCUT2D eigenvalue weighted by atomic mass is 19.1. The highest BCUT2D eigenvalue weighted by molar-refractivity contribution is 5.55. The van der Waals surface area contributed by atoms with Crippen LogP contribution in [-0.4, -0.2) is 41.3 Å². The number of nitrogens with one attached hydrogen (secondary N) is 2. The van der Waals surface area contributed by atoms with Crippen molar-refractivity contribution in [2.24, 2.45) is 0 Å². The summed E-state index contributed by atoms with van der Waals surface area (Å²) in [6, 6.07) is 4.08. The van der Waals surface area contributed by atoms with Crippen LogP contribution in [0.3, 0.4) is 0 Å². The number of benzene rings is 1. The molecule has 1 aromatic heterocycles. The fourth-order valence-corrected chi connectivity index (χ4v) is 4.01. The van der Waals surface area contributed by atoms with Crippen LogP contribution in [0.2, 0.25) is 0 Å². The van der Waals surface area contributed by atoms with Crippen molar-refractivity contribution in [3.8, 4) is 0 Å². The number of piperidine rings is 1. The van der Waals surface area contributed by atoms with E-state index < -0.39 is 0 Å². The number of nitrogens with zero attached hydrogens (tertiary/aromatic N) is 3. The van der Waals surface area contributed by atoms with Crippen molar-refractivity contribution in [2.75, 3.05) is 25.0 Å². The molecule has 0 spiro atoms. The van der Waals surface area contributed by atoms with Gasteiger partial charge in [-0.2, -0.15) is 5.10 Å². The maximum absolute atomic E-state index is 14.6. The van der Waals surface area contributed by atoms with Crippen LogP contribution in [0.25, 0.3) is 0 Å². The zero-order chi connectivity index (χ0) is 19.0. The summed E-state index contributed by atoms with van der Waals surface area (Å²) in [4.78, 5) is 16.2. The SMILES string of the molecule is Cc1c(N2Cc3cc(F)c(CNC4CCN(C)CC4)cc3C2)cn[nH]c1=O. The predicted molar refractivity (Wildman–Crippen MR) is 103 cm³/mol. The van der Waals surface area contributed by atoms with Crippen LogP contribution in [0, 0.1) is 12.7 Å². The summed E-state index contributed by atoms with van der Waals surface area (Å²) in [6.45, 7) is 5.78. The fraction of sp³-hybridized carbons (Fsp3) is 0.500. The van der Waals surface area contributed by atoms with E-state index in [1.165, 1.54) is 0 Å². The quantitative estimate of drug-likeness (QED) is 0.860. The Morgan fingerprint density at radius 1 is 1.26 bits per heavy atom. The Balaban J connectivity index is 1.47. The van der Waals surface area contributed by atoms with Crippen LogP contribution in [0.15, 0.2) is 23.1 Å². The number of aromatic amines is 1. The average Bonchev–Trinajstić information content (AvgIpc) is 3.05. The Kier molecular flexibility index (Phi) is 4.97. The van der Waals surface area contributed by atoms with Gasteiger partial charge in [-0.15, -0.1) is 0 Å². The molecule has 2 N–H and O–H groups in total. The normalized spacial score (nSPS) is 18.1. The van der Waals surface area contributed by atoms with E-state index in [1.807, 2.05) is 6.07 Å². The first-order chi connectivity index (χ1) is 13.0. The Bertz CT molecular complexity index is 888. The Labute approximate surface area is 158 Å². The van der Waals surface area contributed by atoms with E-state index in [-0.39, 0.29) is 11.4 Å². The second-order valence-corrected chi connectivity index (χ2v) is 7.74. The average molecular weight is 371 g/mol. The molecule has 2 aromatic rings. The molecule has 0 saturated carbocycles. The molecule has 6 nitrogen and oxygen atoms in total. The summed E-state index contributed by atoms with van der Waals surface area (Å²) < 4.78 is 14.6. The van der Waals surface area contributed by atoms with Crippen LogP contribution in [0.1, 0.15) is 35.1 Å². The Hall–Kier alpha value is -2.25. The lowest BCUT2D eigenvalue weighted by atomic mass is 10.0. The van der Waals surface area contributed by atoms with Crippen molar-refractivity contribution in [3.05, 3.63) is 56.8 Å². The maximum Gasteiger partial charge on any atom is 0.269 e. The van der Waals surface area contributed by atoms with E-state index in [4.69, 9.17) is 0 Å². The standard InChI is InChI=1S/C20H26FN5O/c1-13-19(10-23-24-20(13)27)26-11-15-7-14(18(21)8-16(15)12-26)9-22-17-3-5-25(2)6-4-17/h7-8,10,17,22H,3-6,9,11-12H2,1-2H3,(H,24,27). The molecule has 0 unspecified atom stereocenters. The molecule has 1 aromatic carbocycles. The van der Waals surface area contributed by atoms with Gasteiger partial charge in [0.05, 0.1) is 11.9 Å². The fourth-order valence-electron chi connectivity index (χ4n) is 4.01. The molecular formula is C20H26FN5O. The molecule has 3 heterocycles. The summed E-state index contributed by atoms with van der Waals surface area (Å²) in [5.74, 6) is -0.156. The molecule has 2 aliphatic heterocycles. The van der Waals surface area contributed by atoms with Gasteiger partial charge >= 0.3 is 0 Å². The van der Waals surface area contributed by atoms with Gasteiger partial charge in [-0.3, -0.25) is 4.79 Å². The highest BCUT2D eigenvalue weighted by Crippen LogP contribution is 2.30. The molecule has 4 rings (SSSR count). The number of fused-ring (bicyclic) bond motifs is 1. The highest BCUT2D eigenvalue weighted by Gasteiger charge is 2.24. The Morgan fingerprint density at radius 2 is 1.96 bits per heavy atom. The molecule has 1 fully saturated rings. The van der Waals surface area contributed by atoms with Crippen molar-refractivity contribution in [3.63, 3.8) is 0 Å². The van der Waals surface area contributed by atoms with E-state index in [9.17, 15) is 9.18 Å². The minimum Gasteiger partial charge on any atom is -0.361 e. The van der Waals surface area contributed by atoms with E-state index in [2.05, 4.69) is 32.4 Å². The van der Waals surface area contributed by atoms with Crippen LogP contribution >= 0.6 is 0 Å². The van der Waals surface area contributed by atoms with Crippen LogP contribution < -0.4 is 15.8 Å². The van der Waals surface area contributed by atoms with E-state index in [1.54, 1.807) is 19.2 Å². The summed E-state index contributed by atoms with van der Waals surface area (Å²) >= 11 is 0. The lowest BCUT2D eigenvalue weighted by molar-refractivity contribution is 0.233. The largest absolute Gasteiger partial charge is 0.361 e. The zero-order valence-electron chi connectivity index (χ0n) is 15.9. The maximum atomic E-state index is 14.6. The number of aromatic nitrogens is 2. The molecule has 0 atom stereocenters. The third kappa shape index (κ3) is 3.75. The summed E-state index contributed by atoms with van der Waals surface area (Å²) in [5, 5.41) is 9.87. The first-order valence-corrected chi connectivity index (χ1v) is 9.52. The summed E-state index contributed by atoms with van der Waals surface area (Å²) in [6.07, 6.45) is 3.87. The van der Waals surface area contributed by atoms with E-state index >= 15 is 0 Å². The number of hydrogen-bond donors (Lipinski definition) is 2. The van der Waals surface area contributed by atoms with Gasteiger partial charge in [0, 0.05) is 36.8 Å². The molecule has 1 saturated heterocycles. The second kappa shape index (κ2) is 7.40. The number of rotatable bonds is 4. The zero-order valence-corrected chi connectivity index (χ0v) is 15.9. The topological polar surface area (TPSA) is 64.3 Å². The van der Waals surface area contributed by atoms with Gasteiger partial charge in [0.25, 0.3) is 5.56 Å². The third-order valence-corrected chi connectivity index (χ3v) is 5.81. The molecular weight excluding hydrogens is 345 g/mol. The summed E-state index contributed by atoms with van der Waals surface area (Å²) in [5.41, 5.74) is 4.09. The lowest BCUT2D eigenvalue weighted by Crippen LogP contribution is -2.40. The van der Waals surface area contributed by atoms with Crippen molar-refractivity contribution in [1.29, 1.82) is 0 Å². The number of halogens is 1. The molecule has 2 aliphatic rings. The van der Waals surface area contributed by atoms with Gasteiger partial charge in [0.2, 0.25) is 0 Å². The van der Waals surface area contributed by atoms with Gasteiger partial charge in [-0.1, -0.05) is 0 Å². The van der Waals surface area contributed by atoms with Gasteiger partial charge in [0.15, 0.2) is 0 Å². The molecule has 7 heteroatoms. The van der Waals surface area contributed by atoms with Crippen LogP contribution in [-0.2, 0) is 19.6 Å². The van der Waals surface area contributed by atoms with Crippen molar-refractivity contribution in [2.45, 2.75) is 45.4 Å². The molecule has 0 aliphatic carbocycles. The third-order valence-electron chi connectivity index (χ3n) is 5.81. The van der Waals surface area contributed by atoms with Gasteiger partial charge < -0.3 is 15.1 Å². The smallest absolute Gasteiger partial charge is 0.269 e. The predicted octanol–water partition coefficient (Wildman–Crippen LogP) is 1.92. The second-order valence-electron chi connectivity index (χ2n) is 7.74. The van der Waals surface area contributed by atoms with Gasteiger partial charge in [0.1, 0.15) is 5.82 Å². The minimum absolute atomic E-state index is 0.156. The molecule has 27 heavy (non-hydrogen) atoms. The van der Waals surface area contributed by atoms with E-state index in [0.717, 1.165) is 48.3 Å². The minimum atomic E-state index is -0.183.